The summed E-state index contributed by atoms with van der Waals surface area (Å²) in [4.78, 5) is 14.0. The van der Waals surface area contributed by atoms with Crippen molar-refractivity contribution in [2.75, 3.05) is 7.11 Å². The van der Waals surface area contributed by atoms with Crippen LogP contribution in [0.1, 0.15) is 33.9 Å². The molecule has 2 aliphatic rings. The second kappa shape index (κ2) is 8.77. The lowest BCUT2D eigenvalue weighted by Crippen LogP contribution is -2.40. The molecule has 0 saturated carbocycles. The minimum Gasteiger partial charge on any atom is -0.508 e. The van der Waals surface area contributed by atoms with Gasteiger partial charge in [0.15, 0.2) is 16.9 Å². The zero-order valence-corrected chi connectivity index (χ0v) is 20.8. The Morgan fingerprint density at radius 3 is 2.12 bits per heavy atom. The van der Waals surface area contributed by atoms with E-state index >= 15 is 0 Å². The van der Waals surface area contributed by atoms with Gasteiger partial charge < -0.3 is 44.8 Å². The number of phenols is 6. The molecule has 0 amide bonds. The number of carbonyl (C=O) groups excluding carboxylic acids is 1. The van der Waals surface area contributed by atoms with Crippen molar-refractivity contribution in [2.45, 2.75) is 11.5 Å². The summed E-state index contributed by atoms with van der Waals surface area (Å²) in [6, 6.07) is 13.6. The molecule has 202 valence electrons. The van der Waals surface area contributed by atoms with E-state index in [0.29, 0.717) is 11.1 Å². The van der Waals surface area contributed by atoms with E-state index in [-0.39, 0.29) is 62.7 Å². The second-order valence-electron chi connectivity index (χ2n) is 9.46. The van der Waals surface area contributed by atoms with Crippen molar-refractivity contribution < 1.29 is 49.6 Å². The first-order valence-electron chi connectivity index (χ1n) is 12.0. The number of benzene rings is 4. The summed E-state index contributed by atoms with van der Waals surface area (Å²) < 4.78 is 17.4. The molecule has 0 fully saturated rings. The van der Waals surface area contributed by atoms with Gasteiger partial charge in [0.1, 0.15) is 40.6 Å². The third-order valence-electron chi connectivity index (χ3n) is 7.04. The van der Waals surface area contributed by atoms with Gasteiger partial charge in [0.25, 0.3) is 0 Å². The quantitative estimate of drug-likeness (QED) is 0.123. The molecule has 2 aliphatic heterocycles. The van der Waals surface area contributed by atoms with Gasteiger partial charge in [0, 0.05) is 23.8 Å². The Kier molecular flexibility index (Phi) is 5.44. The van der Waals surface area contributed by atoms with Crippen LogP contribution in [0.25, 0.3) is 12.2 Å². The van der Waals surface area contributed by atoms with Crippen LogP contribution in [0.4, 0.5) is 0 Å². The summed E-state index contributed by atoms with van der Waals surface area (Å²) >= 11 is 0. The van der Waals surface area contributed by atoms with Crippen LogP contribution in [0.3, 0.4) is 0 Å². The smallest absolute Gasteiger partial charge is 0.331 e. The Balaban J connectivity index is 1.68. The van der Waals surface area contributed by atoms with Crippen molar-refractivity contribution >= 4 is 18.1 Å². The van der Waals surface area contributed by atoms with Gasteiger partial charge in [-0.2, -0.15) is 0 Å². The van der Waals surface area contributed by atoms with Gasteiger partial charge in [0.2, 0.25) is 5.75 Å². The molecule has 0 aromatic heterocycles. The van der Waals surface area contributed by atoms with Crippen LogP contribution >= 0.6 is 0 Å². The highest BCUT2D eigenvalue weighted by Crippen LogP contribution is 2.65. The minimum absolute atomic E-state index is 0.0206. The molecule has 1 spiro atoms. The molecule has 0 bridgehead atoms. The zero-order valence-electron chi connectivity index (χ0n) is 20.8. The maximum atomic E-state index is 14.0. The third kappa shape index (κ3) is 3.53. The normalized spacial score (nSPS) is 18.9. The van der Waals surface area contributed by atoms with Crippen LogP contribution in [-0.4, -0.2) is 43.7 Å². The van der Waals surface area contributed by atoms with E-state index in [4.69, 9.17) is 14.2 Å². The van der Waals surface area contributed by atoms with Crippen LogP contribution in [-0.2, 0) is 10.2 Å². The van der Waals surface area contributed by atoms with Crippen molar-refractivity contribution in [1.29, 1.82) is 0 Å². The van der Waals surface area contributed by atoms with Gasteiger partial charge in [0.05, 0.1) is 12.7 Å². The van der Waals surface area contributed by atoms with Gasteiger partial charge in [-0.25, -0.2) is 0 Å². The lowest BCUT2D eigenvalue weighted by atomic mass is 9.68. The SMILES string of the molecule is COc1c(O)cc(/C=C/c2cc(O)cc(O)c2)c2c1OC(=O)[C@@]21c2c(O)cc(O)cc2O[C@@H]1c1ccc(O)cc1. The van der Waals surface area contributed by atoms with Gasteiger partial charge in [-0.05, 0) is 47.0 Å². The molecule has 0 aliphatic carbocycles. The van der Waals surface area contributed by atoms with Gasteiger partial charge in [-0.15, -0.1) is 0 Å². The van der Waals surface area contributed by atoms with Gasteiger partial charge in [-0.3, -0.25) is 4.79 Å². The average molecular weight is 542 g/mol. The molecule has 2 heterocycles. The number of aromatic hydroxyl groups is 6. The number of hydrogen-bond acceptors (Lipinski definition) is 10. The Hall–Kier alpha value is -5.51. The van der Waals surface area contributed by atoms with E-state index in [0.717, 1.165) is 6.07 Å². The highest BCUT2D eigenvalue weighted by molar-refractivity contribution is 6.01. The van der Waals surface area contributed by atoms with E-state index in [1.54, 1.807) is 24.3 Å². The summed E-state index contributed by atoms with van der Waals surface area (Å²) in [6.45, 7) is 0. The molecule has 0 saturated heterocycles. The van der Waals surface area contributed by atoms with Crippen molar-refractivity contribution in [2.24, 2.45) is 0 Å². The zero-order chi connectivity index (χ0) is 28.3. The van der Waals surface area contributed by atoms with E-state index in [9.17, 15) is 35.4 Å². The number of phenolic OH excluding ortho intramolecular Hbond substituents is 6. The Labute approximate surface area is 226 Å². The van der Waals surface area contributed by atoms with Crippen LogP contribution in [0.5, 0.6) is 51.7 Å². The minimum atomic E-state index is -1.85. The third-order valence-corrected chi connectivity index (χ3v) is 7.04. The number of methoxy groups -OCH3 is 1. The summed E-state index contributed by atoms with van der Waals surface area (Å²) in [5, 5.41) is 61.8. The molecule has 0 unspecified atom stereocenters. The number of hydrogen-bond donors (Lipinski definition) is 6. The van der Waals surface area contributed by atoms with Gasteiger partial charge in [-0.1, -0.05) is 24.3 Å². The molecule has 10 nitrogen and oxygen atoms in total. The average Bonchev–Trinajstić information content (AvgIpc) is 3.38. The fraction of sp³-hybridized carbons (Fsp3) is 0.100. The number of fused-ring (bicyclic) bond motifs is 4. The Morgan fingerprint density at radius 2 is 1.45 bits per heavy atom. The van der Waals surface area contributed by atoms with E-state index in [2.05, 4.69) is 0 Å². The first-order valence-corrected chi connectivity index (χ1v) is 12.0. The molecule has 40 heavy (non-hydrogen) atoms. The number of esters is 1. The Bertz CT molecular complexity index is 1700. The number of carbonyl (C=O) groups is 1. The van der Waals surface area contributed by atoms with Crippen LogP contribution in [0, 0.1) is 0 Å². The predicted octanol–water partition coefficient (Wildman–Crippen LogP) is 4.44. The second-order valence-corrected chi connectivity index (χ2v) is 9.46. The lowest BCUT2D eigenvalue weighted by Gasteiger charge is -2.29. The monoisotopic (exact) mass is 542 g/mol. The van der Waals surface area contributed by atoms with Crippen molar-refractivity contribution in [3.05, 3.63) is 88.5 Å². The topological polar surface area (TPSA) is 166 Å². The van der Waals surface area contributed by atoms with Crippen molar-refractivity contribution in [1.82, 2.24) is 0 Å². The number of rotatable bonds is 4. The van der Waals surface area contributed by atoms with Crippen LogP contribution < -0.4 is 14.2 Å². The molecular weight excluding hydrogens is 520 g/mol. The molecule has 6 rings (SSSR count). The van der Waals surface area contributed by atoms with E-state index < -0.39 is 23.2 Å². The van der Waals surface area contributed by atoms with Crippen LogP contribution in [0.2, 0.25) is 0 Å². The molecule has 6 N–H and O–H groups in total. The predicted molar refractivity (Wildman–Crippen MR) is 141 cm³/mol. The Morgan fingerprint density at radius 1 is 0.775 bits per heavy atom. The lowest BCUT2D eigenvalue weighted by molar-refractivity contribution is -0.139. The van der Waals surface area contributed by atoms with Crippen LogP contribution in [0.15, 0.2) is 60.7 Å². The summed E-state index contributed by atoms with van der Waals surface area (Å²) in [6.07, 6.45) is 1.94. The molecule has 2 atom stereocenters. The highest BCUT2D eigenvalue weighted by atomic mass is 16.6. The fourth-order valence-electron chi connectivity index (χ4n) is 5.51. The standard InChI is InChI=1S/C30H22O10/c1-38-26-22(36)10-16(3-2-14-8-18(32)11-19(33)9-14)24-27(26)40-29(37)30(24)25-21(35)12-20(34)13-23(25)39-28(30)15-4-6-17(31)7-5-15/h2-13,28,31-36H,1H3/b3-2+/t28-,30-/m1/s1. The maximum Gasteiger partial charge on any atom is 0.331 e. The number of ether oxygens (including phenoxy) is 3. The van der Waals surface area contributed by atoms with Crippen molar-refractivity contribution in [3.63, 3.8) is 0 Å². The molecule has 4 aromatic rings. The fourth-order valence-corrected chi connectivity index (χ4v) is 5.51. The van der Waals surface area contributed by atoms with Crippen molar-refractivity contribution in [3.8, 4) is 51.7 Å². The van der Waals surface area contributed by atoms with E-state index in [1.807, 2.05) is 0 Å². The summed E-state index contributed by atoms with van der Waals surface area (Å²) in [5.41, 5.74) is -0.491. The largest absolute Gasteiger partial charge is 0.508 e. The molecule has 0 radical (unpaired) electrons. The van der Waals surface area contributed by atoms with E-state index in [1.165, 1.54) is 49.6 Å². The van der Waals surface area contributed by atoms with Gasteiger partial charge >= 0.3 is 5.97 Å². The maximum absolute atomic E-state index is 14.0. The first-order chi connectivity index (χ1) is 19.1. The first kappa shape index (κ1) is 24.8. The molecular formula is C30H22O10. The highest BCUT2D eigenvalue weighted by Gasteiger charge is 2.65. The summed E-state index contributed by atoms with van der Waals surface area (Å²) in [5.74, 6) is -2.46. The summed E-state index contributed by atoms with van der Waals surface area (Å²) in [7, 11) is 1.30. The molecule has 4 aromatic carbocycles. The molecule has 10 heteroatoms.